The van der Waals surface area contributed by atoms with Crippen LogP contribution in [-0.4, -0.2) is 67.6 Å². The molecule has 6 rings (SSSR count). The van der Waals surface area contributed by atoms with Crippen molar-refractivity contribution in [1.29, 1.82) is 0 Å². The van der Waals surface area contributed by atoms with E-state index in [-0.39, 0.29) is 11.7 Å². The molecule has 1 amide bonds. The van der Waals surface area contributed by atoms with Crippen molar-refractivity contribution in [3.8, 4) is 16.9 Å². The van der Waals surface area contributed by atoms with Gasteiger partial charge in [-0.3, -0.25) is 4.79 Å². The number of aliphatic hydroxyl groups excluding tert-OH is 5. The normalized spacial score (nSPS) is 26.9. The van der Waals surface area contributed by atoms with E-state index >= 15 is 0 Å². The lowest BCUT2D eigenvalue weighted by Gasteiger charge is -2.48. The molecule has 2 saturated heterocycles. The molecule has 2 fully saturated rings. The Morgan fingerprint density at radius 2 is 1.52 bits per heavy atom. The second kappa shape index (κ2) is 13.5. The lowest BCUT2D eigenvalue weighted by atomic mass is 9.77. The number of ether oxygens (including phenoxy) is 1. The molecule has 0 aliphatic carbocycles. The summed E-state index contributed by atoms with van der Waals surface area (Å²) < 4.78 is 5.83. The monoisotopic (exact) mass is 645 g/mol. The summed E-state index contributed by atoms with van der Waals surface area (Å²) in [6, 6.07) is 27.9. The van der Waals surface area contributed by atoms with Crippen LogP contribution in [0.25, 0.3) is 11.1 Å². The van der Waals surface area contributed by atoms with Crippen molar-refractivity contribution in [2.24, 2.45) is 5.92 Å². The van der Waals surface area contributed by atoms with Gasteiger partial charge in [-0.15, -0.1) is 0 Å². The summed E-state index contributed by atoms with van der Waals surface area (Å²) in [7, 11) is 0. The fraction of sp³-hybridized carbons (Fsp3) is 0.306. The number of β-lactam (4-membered cyclic amide) rings is 1. The van der Waals surface area contributed by atoms with Crippen molar-refractivity contribution in [2.45, 2.75) is 55.5 Å². The Labute approximate surface area is 271 Å². The van der Waals surface area contributed by atoms with Gasteiger partial charge in [0.2, 0.25) is 5.91 Å². The van der Waals surface area contributed by atoms with E-state index in [4.69, 9.17) is 16.3 Å². The highest BCUT2D eigenvalue weighted by atomic mass is 35.5. The Morgan fingerprint density at radius 3 is 2.22 bits per heavy atom. The van der Waals surface area contributed by atoms with E-state index in [2.05, 4.69) is 0 Å². The number of nitrogens with zero attached hydrogens (tertiary/aromatic N) is 1. The molecule has 0 radical (unpaired) electrons. The highest BCUT2D eigenvalue weighted by molar-refractivity contribution is 6.30. The first-order chi connectivity index (χ1) is 22.2. The number of aromatic hydroxyl groups is 1. The Bertz CT molecular complexity index is 1670. The second-order valence-corrected chi connectivity index (χ2v) is 12.3. The van der Waals surface area contributed by atoms with Gasteiger partial charge in [-0.25, -0.2) is 0 Å². The average molecular weight is 646 g/mol. The van der Waals surface area contributed by atoms with Gasteiger partial charge in [-0.1, -0.05) is 78.3 Å². The van der Waals surface area contributed by atoms with Crippen LogP contribution in [0.5, 0.6) is 5.75 Å². The molecule has 46 heavy (non-hydrogen) atoms. The molecule has 4 aromatic carbocycles. The number of halogens is 1. The Kier molecular flexibility index (Phi) is 9.44. The number of rotatable bonds is 9. The number of carbonyl (C=O) groups excluding carboxylic acids is 1. The van der Waals surface area contributed by atoms with Gasteiger partial charge in [0, 0.05) is 16.3 Å². The fourth-order valence-electron chi connectivity index (χ4n) is 6.58. The zero-order valence-electron chi connectivity index (χ0n) is 24.8. The van der Waals surface area contributed by atoms with Crippen molar-refractivity contribution in [3.63, 3.8) is 0 Å². The SMILES string of the molecule is O=C1[C@H](CC[C@H](O)c2ccc(Cl)cc2)[C@@H](c2ccc(-c3ccccc3[C@@H]3O[C@H](CO)[C@@H](O)[C@H](O)[C@H]3O)cc2O)N1c1ccccc1. The molecule has 240 valence electrons. The predicted octanol–water partition coefficient (Wildman–Crippen LogP) is 4.45. The van der Waals surface area contributed by atoms with Crippen molar-refractivity contribution >= 4 is 23.2 Å². The van der Waals surface area contributed by atoms with Crippen LogP contribution in [0, 0.1) is 5.92 Å². The van der Waals surface area contributed by atoms with Gasteiger partial charge >= 0.3 is 0 Å². The molecular weight excluding hydrogens is 610 g/mol. The summed E-state index contributed by atoms with van der Waals surface area (Å²) in [6.45, 7) is -0.547. The van der Waals surface area contributed by atoms with Gasteiger partial charge < -0.3 is 40.3 Å². The number of phenols is 1. The maximum absolute atomic E-state index is 13.5. The number of phenolic OH excluding ortho intramolecular Hbond substituents is 1. The van der Waals surface area contributed by atoms with E-state index in [1.807, 2.05) is 36.4 Å². The van der Waals surface area contributed by atoms with Crippen LogP contribution >= 0.6 is 11.6 Å². The maximum atomic E-state index is 13.5. The molecule has 6 N–H and O–H groups in total. The molecule has 0 saturated carbocycles. The van der Waals surface area contributed by atoms with Crippen molar-refractivity contribution in [3.05, 3.63) is 119 Å². The van der Waals surface area contributed by atoms with Gasteiger partial charge in [0.25, 0.3) is 0 Å². The molecule has 2 aliphatic rings. The summed E-state index contributed by atoms with van der Waals surface area (Å²) in [6.07, 6.45) is -6.66. The van der Waals surface area contributed by atoms with Crippen LogP contribution < -0.4 is 4.90 Å². The highest BCUT2D eigenvalue weighted by Gasteiger charge is 2.49. The number of carbonyl (C=O) groups is 1. The Hall–Kier alpha value is -3.80. The number of anilines is 1. The van der Waals surface area contributed by atoms with Gasteiger partial charge in [-0.05, 0) is 65.4 Å². The van der Waals surface area contributed by atoms with Crippen LogP contribution in [0.15, 0.2) is 97.1 Å². The summed E-state index contributed by atoms with van der Waals surface area (Å²) in [4.78, 5) is 15.2. The number of benzene rings is 4. The van der Waals surface area contributed by atoms with Gasteiger partial charge in [0.15, 0.2) is 0 Å². The molecule has 2 aliphatic heterocycles. The Balaban J connectivity index is 1.30. The van der Waals surface area contributed by atoms with E-state index in [1.54, 1.807) is 65.6 Å². The first-order valence-corrected chi connectivity index (χ1v) is 15.6. The molecule has 2 heterocycles. The molecule has 10 heteroatoms. The molecule has 0 spiro atoms. The summed E-state index contributed by atoms with van der Waals surface area (Å²) >= 11 is 6.00. The first-order valence-electron chi connectivity index (χ1n) is 15.2. The Morgan fingerprint density at radius 1 is 0.826 bits per heavy atom. The minimum absolute atomic E-state index is 0.0391. The van der Waals surface area contributed by atoms with E-state index in [0.717, 1.165) is 0 Å². The zero-order valence-corrected chi connectivity index (χ0v) is 25.6. The topological polar surface area (TPSA) is 151 Å². The average Bonchev–Trinajstić information content (AvgIpc) is 3.07. The van der Waals surface area contributed by atoms with Crippen LogP contribution in [0.2, 0.25) is 5.02 Å². The van der Waals surface area contributed by atoms with Crippen LogP contribution in [-0.2, 0) is 9.53 Å². The van der Waals surface area contributed by atoms with E-state index in [0.29, 0.717) is 51.4 Å². The van der Waals surface area contributed by atoms with Crippen LogP contribution in [0.1, 0.15) is 47.8 Å². The smallest absolute Gasteiger partial charge is 0.233 e. The fourth-order valence-corrected chi connectivity index (χ4v) is 6.71. The largest absolute Gasteiger partial charge is 0.508 e. The lowest BCUT2D eigenvalue weighted by Crippen LogP contribution is -2.55. The molecular formula is C36H36ClNO8. The number of aliphatic hydroxyl groups is 5. The van der Waals surface area contributed by atoms with Crippen LogP contribution in [0.4, 0.5) is 5.69 Å². The molecule has 0 aromatic heterocycles. The third-order valence-electron chi connectivity index (χ3n) is 9.07. The second-order valence-electron chi connectivity index (χ2n) is 11.9. The minimum atomic E-state index is -1.53. The molecule has 9 nitrogen and oxygen atoms in total. The van der Waals surface area contributed by atoms with Gasteiger partial charge in [0.05, 0.1) is 24.7 Å². The highest BCUT2D eigenvalue weighted by Crippen LogP contribution is 2.49. The van der Waals surface area contributed by atoms with Crippen molar-refractivity contribution in [1.82, 2.24) is 0 Å². The van der Waals surface area contributed by atoms with Gasteiger partial charge in [0.1, 0.15) is 36.3 Å². The van der Waals surface area contributed by atoms with Crippen molar-refractivity contribution < 1.29 is 40.2 Å². The number of hydrogen-bond donors (Lipinski definition) is 6. The molecule has 0 unspecified atom stereocenters. The van der Waals surface area contributed by atoms with Crippen LogP contribution in [0.3, 0.4) is 0 Å². The van der Waals surface area contributed by atoms with E-state index in [9.17, 15) is 35.4 Å². The summed E-state index contributed by atoms with van der Waals surface area (Å²) in [5.41, 5.74) is 3.66. The molecule has 4 aromatic rings. The molecule has 8 atom stereocenters. The predicted molar refractivity (Wildman–Crippen MR) is 172 cm³/mol. The number of amides is 1. The summed E-state index contributed by atoms with van der Waals surface area (Å²) in [5.74, 6) is -0.626. The van der Waals surface area contributed by atoms with E-state index < -0.39 is 55.2 Å². The summed E-state index contributed by atoms with van der Waals surface area (Å²) in [5, 5.41) is 64.0. The third kappa shape index (κ3) is 6.03. The molecule has 0 bridgehead atoms. The van der Waals surface area contributed by atoms with Gasteiger partial charge in [-0.2, -0.15) is 0 Å². The van der Waals surface area contributed by atoms with Crippen molar-refractivity contribution in [2.75, 3.05) is 11.5 Å². The quantitative estimate of drug-likeness (QED) is 0.146. The lowest BCUT2D eigenvalue weighted by molar-refractivity contribution is -0.231. The van der Waals surface area contributed by atoms with E-state index in [1.165, 1.54) is 0 Å². The standard InChI is InChI=1S/C36H36ClNO8/c37-22-13-10-20(11-14-22)28(40)17-16-27-31(38(36(27)45)23-6-2-1-3-7-23)26-15-12-21(18-29(26)41)24-8-4-5-9-25(24)35-34(44)33(43)32(42)30(19-39)46-35/h1-15,18,27-28,30-35,39-44H,16-17,19H2/t27-,28+,30-,31-,32-,33+,34-,35+/m1/s1. The number of para-hydroxylation sites is 1. The third-order valence-corrected chi connectivity index (χ3v) is 9.33. The first kappa shape index (κ1) is 32.2. The number of hydrogen-bond acceptors (Lipinski definition) is 8. The zero-order chi connectivity index (χ0) is 32.5. The maximum Gasteiger partial charge on any atom is 0.233 e. The minimum Gasteiger partial charge on any atom is -0.508 e.